The summed E-state index contributed by atoms with van der Waals surface area (Å²) < 4.78 is 11.5. The third-order valence-electron chi connectivity index (χ3n) is 5.95. The third kappa shape index (κ3) is 1.86. The molecule has 0 spiro atoms. The summed E-state index contributed by atoms with van der Waals surface area (Å²) in [6, 6.07) is 2.24. The fraction of sp³-hybridized carbons (Fsp3) is 0.765. The molecule has 5 rings (SSSR count). The molecule has 0 saturated heterocycles. The van der Waals surface area contributed by atoms with Gasteiger partial charge in [-0.15, -0.1) is 0 Å². The summed E-state index contributed by atoms with van der Waals surface area (Å²) in [5.74, 6) is 4.99. The summed E-state index contributed by atoms with van der Waals surface area (Å²) in [6.45, 7) is 1.09. The number of rotatable bonds is 4. The van der Waals surface area contributed by atoms with Crippen LogP contribution in [0.5, 0.6) is 0 Å². The van der Waals surface area contributed by atoms with E-state index < -0.39 is 0 Å². The van der Waals surface area contributed by atoms with Gasteiger partial charge in [-0.2, -0.15) is 0 Å². The molecule has 0 radical (unpaired) electrons. The zero-order chi connectivity index (χ0) is 13.7. The average Bonchev–Trinajstić information content (AvgIpc) is 2.81. The van der Waals surface area contributed by atoms with Gasteiger partial charge in [-0.25, -0.2) is 0 Å². The lowest BCUT2D eigenvalue weighted by Gasteiger charge is -2.55. The van der Waals surface area contributed by atoms with Gasteiger partial charge in [0.1, 0.15) is 18.1 Å². The van der Waals surface area contributed by atoms with E-state index in [9.17, 15) is 0 Å². The fourth-order valence-corrected chi connectivity index (χ4v) is 5.57. The molecule has 3 heteroatoms. The zero-order valence-electron chi connectivity index (χ0n) is 12.4. The highest BCUT2D eigenvalue weighted by atomic mass is 16.5. The average molecular weight is 275 g/mol. The maximum absolute atomic E-state index is 6.23. The Kier molecular flexibility index (Phi) is 2.97. The Bertz CT molecular complexity index is 470. The van der Waals surface area contributed by atoms with Crippen LogP contribution >= 0.6 is 0 Å². The fourth-order valence-electron chi connectivity index (χ4n) is 5.57. The number of ether oxygens (including phenoxy) is 1. The van der Waals surface area contributed by atoms with E-state index in [0.29, 0.717) is 18.6 Å². The van der Waals surface area contributed by atoms with E-state index in [0.717, 1.165) is 29.1 Å². The molecule has 4 aliphatic rings. The standard InChI is InChI=1S/C17H25NO2/c1-19-10-15-14(9-18)5-16(20-15)17-6-11-2-12(7-17)4-13(3-11)8-17/h5,11-13H,2-4,6-10,18H2,1H3. The molecule has 3 nitrogen and oxygen atoms in total. The van der Waals surface area contributed by atoms with E-state index in [1.54, 1.807) is 7.11 Å². The van der Waals surface area contributed by atoms with Gasteiger partial charge in [0.15, 0.2) is 0 Å². The summed E-state index contributed by atoms with van der Waals surface area (Å²) in [4.78, 5) is 0. The summed E-state index contributed by atoms with van der Waals surface area (Å²) in [6.07, 6.45) is 8.41. The highest BCUT2D eigenvalue weighted by Crippen LogP contribution is 2.61. The van der Waals surface area contributed by atoms with Gasteiger partial charge < -0.3 is 14.9 Å². The molecule has 1 heterocycles. The van der Waals surface area contributed by atoms with E-state index in [4.69, 9.17) is 14.9 Å². The van der Waals surface area contributed by atoms with E-state index in [-0.39, 0.29) is 0 Å². The first-order chi connectivity index (χ1) is 9.72. The van der Waals surface area contributed by atoms with Crippen molar-refractivity contribution in [3.05, 3.63) is 23.2 Å². The summed E-state index contributed by atoms with van der Waals surface area (Å²) in [5, 5.41) is 0. The molecule has 1 aromatic heterocycles. The highest BCUT2D eigenvalue weighted by molar-refractivity contribution is 5.29. The van der Waals surface area contributed by atoms with Crippen LogP contribution in [-0.4, -0.2) is 7.11 Å². The monoisotopic (exact) mass is 275 g/mol. The molecule has 4 aliphatic carbocycles. The first kappa shape index (κ1) is 12.9. The van der Waals surface area contributed by atoms with Crippen molar-refractivity contribution in [1.29, 1.82) is 0 Å². The van der Waals surface area contributed by atoms with Crippen molar-refractivity contribution in [2.24, 2.45) is 23.5 Å². The molecule has 4 saturated carbocycles. The van der Waals surface area contributed by atoms with Gasteiger partial charge in [-0.1, -0.05) is 0 Å². The molecule has 0 atom stereocenters. The molecule has 110 valence electrons. The minimum absolute atomic E-state index is 0.324. The lowest BCUT2D eigenvalue weighted by molar-refractivity contribution is -0.0162. The van der Waals surface area contributed by atoms with E-state index >= 15 is 0 Å². The van der Waals surface area contributed by atoms with Crippen LogP contribution in [0.1, 0.15) is 55.6 Å². The molecule has 0 amide bonds. The quantitative estimate of drug-likeness (QED) is 0.916. The summed E-state index contributed by atoms with van der Waals surface area (Å²) >= 11 is 0. The number of methoxy groups -OCH3 is 1. The first-order valence-electron chi connectivity index (χ1n) is 8.03. The van der Waals surface area contributed by atoms with Gasteiger partial charge >= 0.3 is 0 Å². The lowest BCUT2D eigenvalue weighted by atomic mass is 9.49. The molecule has 0 aromatic carbocycles. The van der Waals surface area contributed by atoms with Crippen LogP contribution in [0.3, 0.4) is 0 Å². The van der Waals surface area contributed by atoms with Gasteiger partial charge in [0.2, 0.25) is 0 Å². The predicted octanol–water partition coefficient (Wildman–Crippen LogP) is 3.35. The van der Waals surface area contributed by atoms with Crippen molar-refractivity contribution in [3.63, 3.8) is 0 Å². The smallest absolute Gasteiger partial charge is 0.134 e. The second-order valence-corrected chi connectivity index (χ2v) is 7.39. The second kappa shape index (κ2) is 4.60. The molecule has 0 unspecified atom stereocenters. The van der Waals surface area contributed by atoms with Crippen molar-refractivity contribution in [2.75, 3.05) is 7.11 Å². The Morgan fingerprint density at radius 1 is 1.20 bits per heavy atom. The van der Waals surface area contributed by atoms with Crippen molar-refractivity contribution in [3.8, 4) is 0 Å². The van der Waals surface area contributed by atoms with Crippen LogP contribution in [-0.2, 0) is 23.3 Å². The molecule has 4 fully saturated rings. The van der Waals surface area contributed by atoms with Crippen LogP contribution < -0.4 is 5.73 Å². The van der Waals surface area contributed by atoms with E-state index in [1.807, 2.05) is 0 Å². The van der Waals surface area contributed by atoms with Gasteiger partial charge in [0.25, 0.3) is 0 Å². The number of hydrogen-bond donors (Lipinski definition) is 1. The van der Waals surface area contributed by atoms with Crippen LogP contribution in [0.2, 0.25) is 0 Å². The van der Waals surface area contributed by atoms with Crippen molar-refractivity contribution >= 4 is 0 Å². The Morgan fingerprint density at radius 3 is 2.30 bits per heavy atom. The lowest BCUT2D eigenvalue weighted by Crippen LogP contribution is -2.48. The Morgan fingerprint density at radius 2 is 1.80 bits per heavy atom. The molecule has 1 aromatic rings. The van der Waals surface area contributed by atoms with E-state index in [1.165, 1.54) is 44.3 Å². The van der Waals surface area contributed by atoms with Crippen molar-refractivity contribution < 1.29 is 9.15 Å². The maximum atomic E-state index is 6.23. The highest BCUT2D eigenvalue weighted by Gasteiger charge is 2.53. The predicted molar refractivity (Wildman–Crippen MR) is 77.2 cm³/mol. The normalized spacial score (nSPS) is 38.6. The summed E-state index contributed by atoms with van der Waals surface area (Å²) in [7, 11) is 1.72. The molecule has 4 bridgehead atoms. The zero-order valence-corrected chi connectivity index (χ0v) is 12.4. The van der Waals surface area contributed by atoms with Crippen molar-refractivity contribution in [1.82, 2.24) is 0 Å². The van der Waals surface area contributed by atoms with Crippen LogP contribution in [0.4, 0.5) is 0 Å². The molecule has 20 heavy (non-hydrogen) atoms. The number of furan rings is 1. The minimum Gasteiger partial charge on any atom is -0.463 e. The van der Waals surface area contributed by atoms with Gasteiger partial charge in [0, 0.05) is 24.6 Å². The topological polar surface area (TPSA) is 48.4 Å². The number of nitrogens with two attached hydrogens (primary N) is 1. The molecular formula is C17H25NO2. The Labute approximate surface area is 120 Å². The minimum atomic E-state index is 0.324. The van der Waals surface area contributed by atoms with Crippen LogP contribution in [0.15, 0.2) is 10.5 Å². The van der Waals surface area contributed by atoms with E-state index in [2.05, 4.69) is 6.07 Å². The van der Waals surface area contributed by atoms with Crippen LogP contribution in [0.25, 0.3) is 0 Å². The van der Waals surface area contributed by atoms with Gasteiger partial charge in [0.05, 0.1) is 0 Å². The molecular weight excluding hydrogens is 250 g/mol. The largest absolute Gasteiger partial charge is 0.463 e. The number of hydrogen-bond acceptors (Lipinski definition) is 3. The Balaban J connectivity index is 1.69. The molecule has 2 N–H and O–H groups in total. The molecule has 0 aliphatic heterocycles. The SMILES string of the molecule is COCc1oc(C23CC4CC(CC(C4)C2)C3)cc1CN. The maximum Gasteiger partial charge on any atom is 0.134 e. The second-order valence-electron chi connectivity index (χ2n) is 7.39. The first-order valence-corrected chi connectivity index (χ1v) is 8.03. The van der Waals surface area contributed by atoms with Crippen LogP contribution in [0, 0.1) is 17.8 Å². The Hall–Kier alpha value is -0.800. The third-order valence-corrected chi connectivity index (χ3v) is 5.95. The van der Waals surface area contributed by atoms with Gasteiger partial charge in [-0.05, 0) is 62.3 Å². The van der Waals surface area contributed by atoms with Gasteiger partial charge in [-0.3, -0.25) is 0 Å². The summed E-state index contributed by atoms with van der Waals surface area (Å²) in [5.41, 5.74) is 7.33. The van der Waals surface area contributed by atoms with Crippen molar-refractivity contribution in [2.45, 2.75) is 57.1 Å².